The highest BCUT2D eigenvalue weighted by atomic mass is 15.3. The van der Waals surface area contributed by atoms with E-state index in [-0.39, 0.29) is 0 Å². The van der Waals surface area contributed by atoms with Crippen LogP contribution in [0.3, 0.4) is 0 Å². The summed E-state index contributed by atoms with van der Waals surface area (Å²) in [4.78, 5) is 11.5. The topological polar surface area (TPSA) is 46.8 Å². The molecule has 0 aromatic carbocycles. The van der Waals surface area contributed by atoms with Crippen LogP contribution in [0, 0.1) is 0 Å². The zero-order valence-electron chi connectivity index (χ0n) is 13.6. The van der Waals surface area contributed by atoms with E-state index in [4.69, 9.17) is 4.98 Å². The second-order valence-electron chi connectivity index (χ2n) is 6.27. The Balaban J connectivity index is 1.39. The van der Waals surface area contributed by atoms with E-state index in [0.717, 1.165) is 31.9 Å². The molecule has 4 rings (SSSR count). The van der Waals surface area contributed by atoms with Crippen molar-refractivity contribution in [2.75, 3.05) is 19.6 Å². The molecule has 1 fully saturated rings. The minimum Gasteiger partial charge on any atom is -0.302 e. The minimum atomic E-state index is 0.509. The average Bonchev–Trinajstić information content (AvgIpc) is 3.33. The van der Waals surface area contributed by atoms with Gasteiger partial charge in [0.2, 0.25) is 0 Å². The van der Waals surface area contributed by atoms with Crippen LogP contribution in [-0.4, -0.2) is 44.3 Å². The van der Waals surface area contributed by atoms with Crippen molar-refractivity contribution >= 4 is 0 Å². The fourth-order valence-corrected chi connectivity index (χ4v) is 3.31. The van der Waals surface area contributed by atoms with Crippen LogP contribution in [0.15, 0.2) is 61.2 Å². The predicted octanol–water partition coefficient (Wildman–Crippen LogP) is 2.69. The third-order valence-corrected chi connectivity index (χ3v) is 4.63. The molecule has 0 N–H and O–H groups in total. The lowest BCUT2D eigenvalue weighted by atomic mass is 10.0. The smallest absolute Gasteiger partial charge is 0.153 e. The number of rotatable bonds is 5. The second kappa shape index (κ2) is 6.93. The number of likely N-dealkylation sites (tertiary alicyclic amines) is 1. The molecule has 24 heavy (non-hydrogen) atoms. The normalized spacial score (nSPS) is 18.1. The van der Waals surface area contributed by atoms with Crippen LogP contribution in [0.4, 0.5) is 0 Å². The summed E-state index contributed by atoms with van der Waals surface area (Å²) in [6.07, 6.45) is 9.73. The highest BCUT2D eigenvalue weighted by molar-refractivity contribution is 5.26. The first-order valence-corrected chi connectivity index (χ1v) is 8.47. The summed E-state index contributed by atoms with van der Waals surface area (Å²) < 4.78 is 1.82. The van der Waals surface area contributed by atoms with Gasteiger partial charge in [-0.15, -0.1) is 0 Å². The molecule has 0 radical (unpaired) electrons. The molecule has 1 aliphatic heterocycles. The molecule has 1 aliphatic rings. The second-order valence-corrected chi connectivity index (χ2v) is 6.27. The monoisotopic (exact) mass is 319 g/mol. The molecular formula is C19H21N5. The van der Waals surface area contributed by atoms with Crippen LogP contribution in [0.25, 0.3) is 5.82 Å². The average molecular weight is 319 g/mol. The quantitative estimate of drug-likeness (QED) is 0.725. The summed E-state index contributed by atoms with van der Waals surface area (Å²) in [5.74, 6) is 1.40. The minimum absolute atomic E-state index is 0.509. The lowest BCUT2D eigenvalue weighted by Gasteiger charge is -2.16. The Kier molecular flexibility index (Phi) is 4.34. The Bertz CT molecular complexity index is 769. The molecule has 0 bridgehead atoms. The van der Waals surface area contributed by atoms with Gasteiger partial charge in [0, 0.05) is 49.5 Å². The highest BCUT2D eigenvalue weighted by Crippen LogP contribution is 2.26. The highest BCUT2D eigenvalue weighted by Gasteiger charge is 2.24. The first kappa shape index (κ1) is 15.0. The Hall–Kier alpha value is -2.53. The van der Waals surface area contributed by atoms with E-state index < -0.39 is 0 Å². The number of aromatic nitrogens is 4. The lowest BCUT2D eigenvalue weighted by molar-refractivity contribution is 0.338. The third kappa shape index (κ3) is 3.36. The van der Waals surface area contributed by atoms with Gasteiger partial charge in [0.15, 0.2) is 5.82 Å². The zero-order chi connectivity index (χ0) is 16.2. The van der Waals surface area contributed by atoms with Gasteiger partial charge < -0.3 is 4.90 Å². The van der Waals surface area contributed by atoms with Crippen molar-refractivity contribution in [3.05, 3.63) is 72.4 Å². The molecule has 0 saturated carbocycles. The Morgan fingerprint density at radius 2 is 2.08 bits per heavy atom. The largest absolute Gasteiger partial charge is 0.302 e. The third-order valence-electron chi connectivity index (χ3n) is 4.63. The number of hydrogen-bond acceptors (Lipinski definition) is 4. The molecule has 1 atom stereocenters. The van der Waals surface area contributed by atoms with Crippen molar-refractivity contribution < 1.29 is 0 Å². The van der Waals surface area contributed by atoms with E-state index >= 15 is 0 Å². The van der Waals surface area contributed by atoms with Crippen molar-refractivity contribution in [1.29, 1.82) is 0 Å². The van der Waals surface area contributed by atoms with Crippen molar-refractivity contribution in [2.24, 2.45) is 0 Å². The SMILES string of the molecule is c1cncc(CCN2CCC(c3cccc(-n4cccn4)n3)C2)c1. The molecular weight excluding hydrogens is 298 g/mol. The molecule has 4 heterocycles. The van der Waals surface area contributed by atoms with Crippen LogP contribution >= 0.6 is 0 Å². The molecule has 122 valence electrons. The molecule has 1 saturated heterocycles. The molecule has 3 aromatic rings. The van der Waals surface area contributed by atoms with Gasteiger partial charge in [0.05, 0.1) is 0 Å². The number of nitrogens with zero attached hydrogens (tertiary/aromatic N) is 5. The van der Waals surface area contributed by atoms with Crippen molar-refractivity contribution in [1.82, 2.24) is 24.6 Å². The maximum Gasteiger partial charge on any atom is 0.153 e. The standard InChI is InChI=1S/C19H21N5/c1-5-18(22-19(6-1)24-11-3-10-21-24)17-8-13-23(15-17)12-7-16-4-2-9-20-14-16/h1-6,9-11,14,17H,7-8,12-13,15H2. The lowest BCUT2D eigenvalue weighted by Crippen LogP contribution is -2.23. The van der Waals surface area contributed by atoms with Crippen molar-refractivity contribution in [2.45, 2.75) is 18.8 Å². The molecule has 1 unspecified atom stereocenters. The summed E-state index contributed by atoms with van der Waals surface area (Å²) in [6, 6.07) is 12.3. The zero-order valence-corrected chi connectivity index (χ0v) is 13.6. The van der Waals surface area contributed by atoms with E-state index in [1.54, 1.807) is 6.20 Å². The summed E-state index contributed by atoms with van der Waals surface area (Å²) in [6.45, 7) is 3.30. The fraction of sp³-hybridized carbons (Fsp3) is 0.316. The Morgan fingerprint density at radius 1 is 1.08 bits per heavy atom. The fourth-order valence-electron chi connectivity index (χ4n) is 3.31. The van der Waals surface area contributed by atoms with E-state index in [2.05, 4.69) is 33.2 Å². The van der Waals surface area contributed by atoms with Crippen LogP contribution < -0.4 is 0 Å². The van der Waals surface area contributed by atoms with Crippen molar-refractivity contribution in [3.8, 4) is 5.82 Å². The molecule has 0 spiro atoms. The Morgan fingerprint density at radius 3 is 2.92 bits per heavy atom. The Labute approximate surface area is 142 Å². The first-order chi connectivity index (χ1) is 11.9. The summed E-state index contributed by atoms with van der Waals surface area (Å²) >= 11 is 0. The van der Waals surface area contributed by atoms with E-state index in [1.807, 2.05) is 41.5 Å². The van der Waals surface area contributed by atoms with Gasteiger partial charge in [0.1, 0.15) is 0 Å². The first-order valence-electron chi connectivity index (χ1n) is 8.47. The molecule has 0 amide bonds. The van der Waals surface area contributed by atoms with Crippen LogP contribution in [0.2, 0.25) is 0 Å². The van der Waals surface area contributed by atoms with E-state index in [0.29, 0.717) is 5.92 Å². The van der Waals surface area contributed by atoms with Gasteiger partial charge >= 0.3 is 0 Å². The predicted molar refractivity (Wildman–Crippen MR) is 93.1 cm³/mol. The summed E-state index contributed by atoms with van der Waals surface area (Å²) in [5.41, 5.74) is 2.48. The molecule has 3 aromatic heterocycles. The summed E-state index contributed by atoms with van der Waals surface area (Å²) in [7, 11) is 0. The van der Waals surface area contributed by atoms with Crippen LogP contribution in [0.5, 0.6) is 0 Å². The molecule has 5 heteroatoms. The maximum absolute atomic E-state index is 4.81. The number of pyridine rings is 2. The van der Waals surface area contributed by atoms with E-state index in [1.165, 1.54) is 17.7 Å². The number of hydrogen-bond donors (Lipinski definition) is 0. The van der Waals surface area contributed by atoms with Crippen LogP contribution in [-0.2, 0) is 6.42 Å². The van der Waals surface area contributed by atoms with Gasteiger partial charge in [0.25, 0.3) is 0 Å². The van der Waals surface area contributed by atoms with Gasteiger partial charge in [-0.25, -0.2) is 9.67 Å². The van der Waals surface area contributed by atoms with E-state index in [9.17, 15) is 0 Å². The maximum atomic E-state index is 4.81. The van der Waals surface area contributed by atoms with Gasteiger partial charge in [-0.1, -0.05) is 12.1 Å². The van der Waals surface area contributed by atoms with Crippen molar-refractivity contribution in [3.63, 3.8) is 0 Å². The summed E-state index contributed by atoms with van der Waals surface area (Å²) in [5, 5.41) is 4.27. The molecule has 5 nitrogen and oxygen atoms in total. The van der Waals surface area contributed by atoms with Gasteiger partial charge in [-0.2, -0.15) is 5.10 Å². The molecule has 0 aliphatic carbocycles. The van der Waals surface area contributed by atoms with Gasteiger partial charge in [-0.3, -0.25) is 4.98 Å². The van der Waals surface area contributed by atoms with Crippen LogP contribution in [0.1, 0.15) is 23.6 Å². The van der Waals surface area contributed by atoms with Gasteiger partial charge in [-0.05, 0) is 49.2 Å².